The number of hydrogen-bond acceptors (Lipinski definition) is 0. The summed E-state index contributed by atoms with van der Waals surface area (Å²) in [4.78, 5) is 0. The predicted octanol–water partition coefficient (Wildman–Crippen LogP) is 9.70. The van der Waals surface area contributed by atoms with E-state index >= 15 is 0 Å². The summed E-state index contributed by atoms with van der Waals surface area (Å²) in [6.07, 6.45) is -10.1. The first-order chi connectivity index (χ1) is 16.8. The molecule has 0 aromatic carbocycles. The monoisotopic (exact) mass is 738 g/mol. The summed E-state index contributed by atoms with van der Waals surface area (Å²) in [7, 11) is 0. The molecule has 0 aliphatic heterocycles. The summed E-state index contributed by atoms with van der Waals surface area (Å²) in [6, 6.07) is 0. The van der Waals surface area contributed by atoms with Gasteiger partial charge in [-0.1, -0.05) is 22.6 Å². The van der Waals surface area contributed by atoms with Crippen LogP contribution in [0.15, 0.2) is 21.3 Å². The van der Waals surface area contributed by atoms with Crippen LogP contribution in [0, 0.1) is 0 Å². The summed E-state index contributed by atoms with van der Waals surface area (Å²) >= 11 is 1.31. The minimum Gasteiger partial charge on any atom is -0.195 e. The molecule has 1 fully saturated rings. The molecule has 39 heavy (non-hydrogen) atoms. The van der Waals surface area contributed by atoms with Gasteiger partial charge in [0.2, 0.25) is 0 Å². The molecule has 0 heterocycles. The van der Waals surface area contributed by atoms with E-state index in [0.29, 0.717) is 0 Å². The fourth-order valence-electron chi connectivity index (χ4n) is 2.96. The Bertz CT molecular complexity index is 983. The lowest BCUT2D eigenvalue weighted by Crippen LogP contribution is -2.76. The van der Waals surface area contributed by atoms with E-state index in [9.17, 15) is 92.2 Å². The molecule has 22 heteroatoms. The van der Waals surface area contributed by atoms with Gasteiger partial charge in [-0.25, -0.2) is 0 Å². The highest BCUT2D eigenvalue weighted by molar-refractivity contribution is 14.1. The van der Waals surface area contributed by atoms with Gasteiger partial charge in [-0.3, -0.25) is 0 Å². The molecule has 0 N–H and O–H groups in total. The Morgan fingerprint density at radius 2 is 0.692 bits per heavy atom. The number of hydrogen-bond donors (Lipinski definition) is 0. The first kappa shape index (κ1) is 35.8. The van der Waals surface area contributed by atoms with Crippen molar-refractivity contribution < 1.29 is 92.2 Å². The molecule has 0 bridgehead atoms. The van der Waals surface area contributed by atoms with Crippen LogP contribution >= 0.6 is 22.6 Å². The fourth-order valence-corrected chi connectivity index (χ4v) is 3.67. The Balaban J connectivity index is 3.78. The van der Waals surface area contributed by atoms with Crippen LogP contribution in [0.25, 0.3) is 0 Å². The van der Waals surface area contributed by atoms with Gasteiger partial charge in [0.1, 0.15) is 0 Å². The highest BCUT2D eigenvalue weighted by atomic mass is 127. The van der Waals surface area contributed by atoms with Crippen LogP contribution in [0.2, 0.25) is 0 Å². The van der Waals surface area contributed by atoms with Crippen LogP contribution in [0.3, 0.4) is 0 Å². The summed E-state index contributed by atoms with van der Waals surface area (Å²) in [5.41, 5.74) is -1.27. The molecular weight excluding hydrogens is 730 g/mol. The summed E-state index contributed by atoms with van der Waals surface area (Å²) in [5, 5.41) is 0. The molecule has 1 aliphatic carbocycles. The second-order valence-electron chi connectivity index (χ2n) is 7.87. The van der Waals surface area contributed by atoms with Gasteiger partial charge in [-0.15, -0.1) is 0 Å². The van der Waals surface area contributed by atoms with Crippen LogP contribution < -0.4 is 0 Å². The maximum atomic E-state index is 14.0. The molecule has 0 amide bonds. The summed E-state index contributed by atoms with van der Waals surface area (Å²) in [6.45, 7) is 0. The third-order valence-corrected chi connectivity index (χ3v) is 6.08. The average Bonchev–Trinajstić information content (AvgIpc) is 3.18. The molecule has 0 unspecified atom stereocenters. The molecular formula is C17H8F21I. The van der Waals surface area contributed by atoms with Crippen molar-refractivity contribution in [3.8, 4) is 0 Å². The van der Waals surface area contributed by atoms with Gasteiger partial charge in [-0.2, -0.15) is 92.2 Å². The SMILES string of the molecule is FC(F)(F)C(F)(F)C(F)(F)C(F)(F)C(F)(F)C(F)(F)C(F)(F)C(F)(F)C(F)(F)C(F)(F)/C=C1\CCC\C1=C\I. The molecule has 1 saturated carbocycles. The van der Waals surface area contributed by atoms with Gasteiger partial charge in [-0.05, 0) is 40.6 Å². The van der Waals surface area contributed by atoms with Crippen molar-refractivity contribution in [2.24, 2.45) is 0 Å². The van der Waals surface area contributed by atoms with Gasteiger partial charge in [0.15, 0.2) is 0 Å². The van der Waals surface area contributed by atoms with E-state index in [1.165, 1.54) is 22.6 Å². The van der Waals surface area contributed by atoms with E-state index < -0.39 is 77.5 Å². The van der Waals surface area contributed by atoms with Crippen molar-refractivity contribution in [3.05, 3.63) is 21.3 Å². The van der Waals surface area contributed by atoms with E-state index in [4.69, 9.17) is 0 Å². The molecule has 0 spiro atoms. The molecule has 1 aliphatic rings. The first-order valence-corrected chi connectivity index (χ1v) is 10.5. The Labute approximate surface area is 215 Å². The Hall–Kier alpha value is -1.26. The Morgan fingerprint density at radius 3 is 1.00 bits per heavy atom. The lowest BCUT2D eigenvalue weighted by atomic mass is 9.86. The fraction of sp³-hybridized carbons (Fsp3) is 0.765. The maximum Gasteiger partial charge on any atom is 0.460 e. The van der Waals surface area contributed by atoms with Gasteiger partial charge in [0.05, 0.1) is 0 Å². The Morgan fingerprint density at radius 1 is 0.410 bits per heavy atom. The quantitative estimate of drug-likeness (QED) is 0.163. The van der Waals surface area contributed by atoms with E-state index in [-0.39, 0.29) is 18.4 Å². The van der Waals surface area contributed by atoms with Crippen LogP contribution in [-0.2, 0) is 0 Å². The zero-order valence-corrected chi connectivity index (χ0v) is 19.7. The van der Waals surface area contributed by atoms with E-state index in [2.05, 4.69) is 0 Å². The minimum atomic E-state index is -9.16. The van der Waals surface area contributed by atoms with Crippen molar-refractivity contribution in [1.29, 1.82) is 0 Å². The second-order valence-corrected chi connectivity index (χ2v) is 8.50. The predicted molar refractivity (Wildman–Crippen MR) is 94.6 cm³/mol. The van der Waals surface area contributed by atoms with E-state index in [0.717, 1.165) is 4.08 Å². The highest BCUT2D eigenvalue weighted by Crippen LogP contribution is 2.66. The Kier molecular flexibility index (Phi) is 8.85. The lowest BCUT2D eigenvalue weighted by molar-refractivity contribution is -0.473. The molecule has 1 rings (SSSR count). The second kappa shape index (κ2) is 9.65. The molecule has 0 saturated heterocycles. The lowest BCUT2D eigenvalue weighted by Gasteiger charge is -2.44. The standard InChI is InChI=1S/C17H8F21I/c18-8(19,4-6-2-1-3-7(6)5-39)9(20,21)10(22,23)11(24,25)12(26,27)13(28,29)14(30,31)15(32,33)16(34,35)17(36,37)38/h4-5H,1-3H2/b6-4+,7-5-. The van der Waals surface area contributed by atoms with Crippen LogP contribution in [-0.4, -0.2) is 59.5 Å². The van der Waals surface area contributed by atoms with Crippen molar-refractivity contribution >= 4 is 22.6 Å². The zero-order chi connectivity index (χ0) is 31.7. The molecule has 0 atom stereocenters. The zero-order valence-electron chi connectivity index (χ0n) is 17.6. The minimum absolute atomic E-state index is 0.134. The third-order valence-electron chi connectivity index (χ3n) is 5.33. The van der Waals surface area contributed by atoms with Gasteiger partial charge in [0, 0.05) is 0 Å². The van der Waals surface area contributed by atoms with Crippen LogP contribution in [0.1, 0.15) is 19.3 Å². The number of rotatable bonds is 9. The van der Waals surface area contributed by atoms with Crippen molar-refractivity contribution in [2.45, 2.75) is 78.7 Å². The normalized spacial score (nSPS) is 20.4. The average molecular weight is 738 g/mol. The van der Waals surface area contributed by atoms with Crippen LogP contribution in [0.5, 0.6) is 0 Å². The van der Waals surface area contributed by atoms with Crippen LogP contribution in [0.4, 0.5) is 92.2 Å². The molecule has 0 radical (unpaired) electrons. The highest BCUT2D eigenvalue weighted by Gasteiger charge is 2.97. The summed E-state index contributed by atoms with van der Waals surface area (Å²) < 4.78 is 281. The number of halogens is 22. The van der Waals surface area contributed by atoms with E-state index in [1.807, 2.05) is 0 Å². The van der Waals surface area contributed by atoms with Gasteiger partial charge < -0.3 is 0 Å². The third kappa shape index (κ3) is 4.74. The van der Waals surface area contributed by atoms with E-state index in [1.54, 1.807) is 0 Å². The topological polar surface area (TPSA) is 0 Å². The van der Waals surface area contributed by atoms with Crippen molar-refractivity contribution in [2.75, 3.05) is 0 Å². The largest absolute Gasteiger partial charge is 0.460 e. The smallest absolute Gasteiger partial charge is 0.195 e. The first-order valence-electron chi connectivity index (χ1n) is 9.26. The number of allylic oxidation sites excluding steroid dienone is 3. The van der Waals surface area contributed by atoms with Crippen molar-refractivity contribution in [3.63, 3.8) is 0 Å². The van der Waals surface area contributed by atoms with Gasteiger partial charge in [0.25, 0.3) is 0 Å². The number of alkyl halides is 21. The maximum absolute atomic E-state index is 14.0. The molecule has 0 nitrogen and oxygen atoms in total. The van der Waals surface area contributed by atoms with Gasteiger partial charge >= 0.3 is 59.5 Å². The molecule has 0 aromatic heterocycles. The molecule has 230 valence electrons. The van der Waals surface area contributed by atoms with Crippen molar-refractivity contribution in [1.82, 2.24) is 0 Å². The summed E-state index contributed by atoms with van der Waals surface area (Å²) in [5.74, 6) is -76.8. The molecule has 0 aromatic rings.